The van der Waals surface area contributed by atoms with E-state index in [4.69, 9.17) is 0 Å². The van der Waals surface area contributed by atoms with Crippen molar-refractivity contribution in [1.29, 1.82) is 0 Å². The zero-order valence-corrected chi connectivity index (χ0v) is 18.4. The number of carbonyl (C=O) groups is 1. The van der Waals surface area contributed by atoms with Gasteiger partial charge in [-0.2, -0.15) is 0 Å². The molecule has 1 aromatic carbocycles. The zero-order valence-electron chi connectivity index (χ0n) is 17.6. The lowest BCUT2D eigenvalue weighted by Gasteiger charge is -2.36. The second kappa shape index (κ2) is 8.13. The predicted octanol–water partition coefficient (Wildman–Crippen LogP) is 4.17. The van der Waals surface area contributed by atoms with Gasteiger partial charge in [0, 0.05) is 54.2 Å². The van der Waals surface area contributed by atoms with E-state index in [0.717, 1.165) is 54.0 Å². The van der Waals surface area contributed by atoms with Gasteiger partial charge in [0.1, 0.15) is 0 Å². The van der Waals surface area contributed by atoms with Crippen LogP contribution in [0.15, 0.2) is 35.7 Å². The average Bonchev–Trinajstić information content (AvgIpc) is 3.25. The van der Waals surface area contributed by atoms with Crippen LogP contribution in [0.4, 0.5) is 5.69 Å². The molecule has 1 fully saturated rings. The van der Waals surface area contributed by atoms with Crippen molar-refractivity contribution in [3.63, 3.8) is 0 Å². The molecule has 29 heavy (non-hydrogen) atoms. The Bertz CT molecular complexity index is 1030. The summed E-state index contributed by atoms with van der Waals surface area (Å²) in [6, 6.07) is 10.5. The number of carbonyl (C=O) groups excluding carboxylic acids is 1. The highest BCUT2D eigenvalue weighted by atomic mass is 32.1. The van der Waals surface area contributed by atoms with E-state index in [-0.39, 0.29) is 5.78 Å². The van der Waals surface area contributed by atoms with Crippen LogP contribution < -0.4 is 4.90 Å². The molecule has 3 aromatic rings. The van der Waals surface area contributed by atoms with Crippen molar-refractivity contribution < 1.29 is 4.79 Å². The quantitative estimate of drug-likeness (QED) is 0.594. The van der Waals surface area contributed by atoms with Gasteiger partial charge in [0.15, 0.2) is 10.9 Å². The summed E-state index contributed by atoms with van der Waals surface area (Å²) in [5, 5.41) is 2.98. The highest BCUT2D eigenvalue weighted by Crippen LogP contribution is 2.25. The summed E-state index contributed by atoms with van der Waals surface area (Å²) >= 11 is 1.62. The minimum absolute atomic E-state index is 0.196. The fourth-order valence-corrected chi connectivity index (χ4v) is 5.05. The largest absolute Gasteiger partial charge is 0.369 e. The van der Waals surface area contributed by atoms with Crippen LogP contribution in [0, 0.1) is 27.7 Å². The summed E-state index contributed by atoms with van der Waals surface area (Å²) in [5.41, 5.74) is 6.49. The molecular formula is C23H28N4OS. The van der Waals surface area contributed by atoms with Crippen LogP contribution in [0.25, 0.3) is 5.13 Å². The van der Waals surface area contributed by atoms with Crippen LogP contribution in [-0.2, 0) is 0 Å². The van der Waals surface area contributed by atoms with E-state index in [0.29, 0.717) is 6.54 Å². The Kier molecular flexibility index (Phi) is 5.56. The molecule has 152 valence electrons. The van der Waals surface area contributed by atoms with E-state index in [2.05, 4.69) is 50.5 Å². The average molecular weight is 409 g/mol. The van der Waals surface area contributed by atoms with E-state index in [9.17, 15) is 4.79 Å². The topological polar surface area (TPSA) is 41.4 Å². The molecule has 1 saturated heterocycles. The molecular weight excluding hydrogens is 380 g/mol. The number of Topliss-reactive ketones (excluding diaryl/α,β-unsaturated/α-hetero) is 1. The molecule has 1 aliphatic heterocycles. The van der Waals surface area contributed by atoms with Crippen LogP contribution >= 0.6 is 11.3 Å². The van der Waals surface area contributed by atoms with Crippen LogP contribution in [0.2, 0.25) is 0 Å². The number of piperazine rings is 1. The summed E-state index contributed by atoms with van der Waals surface area (Å²) in [7, 11) is 0. The van der Waals surface area contributed by atoms with Crippen LogP contribution in [0.1, 0.15) is 33.0 Å². The van der Waals surface area contributed by atoms with Crippen molar-refractivity contribution in [2.75, 3.05) is 37.6 Å². The van der Waals surface area contributed by atoms with Gasteiger partial charge in [-0.3, -0.25) is 14.3 Å². The van der Waals surface area contributed by atoms with Gasteiger partial charge in [0.25, 0.3) is 0 Å². The SMILES string of the molecule is Cc1csc(-n2c(C)cc(C(=O)CN3CCN(c4ccccc4C)CC3)c2C)n1. The molecule has 0 spiro atoms. The smallest absolute Gasteiger partial charge is 0.194 e. The van der Waals surface area contributed by atoms with Crippen LogP contribution in [-0.4, -0.2) is 53.0 Å². The number of hydrogen-bond acceptors (Lipinski definition) is 5. The molecule has 6 heteroatoms. The first-order valence-electron chi connectivity index (χ1n) is 10.1. The Labute approximate surface area is 176 Å². The molecule has 5 nitrogen and oxygen atoms in total. The van der Waals surface area contributed by atoms with E-state index >= 15 is 0 Å². The number of benzene rings is 1. The first-order valence-corrected chi connectivity index (χ1v) is 11.0. The van der Waals surface area contributed by atoms with Crippen molar-refractivity contribution in [2.24, 2.45) is 0 Å². The number of nitrogens with zero attached hydrogens (tertiary/aromatic N) is 4. The molecule has 0 atom stereocenters. The molecule has 3 heterocycles. The Morgan fingerprint density at radius 2 is 1.79 bits per heavy atom. The van der Waals surface area contributed by atoms with Gasteiger partial charge in [-0.25, -0.2) is 4.98 Å². The van der Waals surface area contributed by atoms with Gasteiger partial charge in [-0.05, 0) is 45.4 Å². The molecule has 0 unspecified atom stereocenters. The number of thiazole rings is 1. The third kappa shape index (κ3) is 4.00. The van der Waals surface area contributed by atoms with E-state index in [1.807, 2.05) is 32.2 Å². The van der Waals surface area contributed by atoms with Crippen molar-refractivity contribution in [3.8, 4) is 5.13 Å². The standard InChI is InChI=1S/C23H28N4OS/c1-16-7-5-6-8-21(16)26-11-9-25(10-12-26)14-22(28)20-13-18(3)27(19(20)4)23-24-17(2)15-29-23/h5-8,13,15H,9-12,14H2,1-4H3. The number of aromatic nitrogens is 2. The normalized spacial score (nSPS) is 15.1. The number of rotatable bonds is 5. The summed E-state index contributed by atoms with van der Waals surface area (Å²) in [6.45, 7) is 12.4. The number of para-hydroxylation sites is 1. The summed E-state index contributed by atoms with van der Waals surface area (Å²) in [5.74, 6) is 0.196. The van der Waals surface area contributed by atoms with Crippen LogP contribution in [0.5, 0.6) is 0 Å². The second-order valence-corrected chi connectivity index (χ2v) is 8.70. The van der Waals surface area contributed by atoms with Crippen LogP contribution in [0.3, 0.4) is 0 Å². The van der Waals surface area contributed by atoms with Crippen molar-refractivity contribution in [1.82, 2.24) is 14.5 Å². The Hall–Kier alpha value is -2.44. The Balaban J connectivity index is 1.43. The van der Waals surface area contributed by atoms with E-state index < -0.39 is 0 Å². The number of hydrogen-bond donors (Lipinski definition) is 0. The molecule has 1 aliphatic rings. The molecule has 0 bridgehead atoms. The van der Waals surface area contributed by atoms with Crippen molar-refractivity contribution >= 4 is 22.8 Å². The third-order valence-corrected chi connectivity index (χ3v) is 6.67. The molecule has 0 aliphatic carbocycles. The Morgan fingerprint density at radius 3 is 2.45 bits per heavy atom. The lowest BCUT2D eigenvalue weighted by molar-refractivity contribution is 0.0926. The summed E-state index contributed by atoms with van der Waals surface area (Å²) < 4.78 is 2.10. The first kappa shape index (κ1) is 19.9. The van der Waals surface area contributed by atoms with Gasteiger partial charge in [0.2, 0.25) is 0 Å². The summed E-state index contributed by atoms with van der Waals surface area (Å²) in [4.78, 5) is 22.3. The van der Waals surface area contributed by atoms with E-state index in [1.165, 1.54) is 11.3 Å². The number of anilines is 1. The summed E-state index contributed by atoms with van der Waals surface area (Å²) in [6.07, 6.45) is 0. The number of ketones is 1. The van der Waals surface area contributed by atoms with E-state index in [1.54, 1.807) is 11.3 Å². The lowest BCUT2D eigenvalue weighted by atomic mass is 10.1. The van der Waals surface area contributed by atoms with Crippen molar-refractivity contribution in [3.05, 3.63) is 63.9 Å². The maximum atomic E-state index is 13.1. The maximum absolute atomic E-state index is 13.1. The highest BCUT2D eigenvalue weighted by Gasteiger charge is 2.23. The predicted molar refractivity (Wildman–Crippen MR) is 120 cm³/mol. The fraction of sp³-hybridized carbons (Fsp3) is 0.391. The monoisotopic (exact) mass is 408 g/mol. The molecule has 0 N–H and O–H groups in total. The molecule has 0 amide bonds. The molecule has 0 saturated carbocycles. The minimum atomic E-state index is 0.196. The van der Waals surface area contributed by atoms with Gasteiger partial charge in [-0.1, -0.05) is 18.2 Å². The van der Waals surface area contributed by atoms with Gasteiger partial charge >= 0.3 is 0 Å². The second-order valence-electron chi connectivity index (χ2n) is 7.86. The highest BCUT2D eigenvalue weighted by molar-refractivity contribution is 7.12. The third-order valence-electron chi connectivity index (χ3n) is 5.73. The zero-order chi connectivity index (χ0) is 20.5. The number of aryl methyl sites for hydroxylation is 3. The Morgan fingerprint density at radius 1 is 1.07 bits per heavy atom. The van der Waals surface area contributed by atoms with Gasteiger partial charge in [-0.15, -0.1) is 11.3 Å². The molecule has 2 aromatic heterocycles. The minimum Gasteiger partial charge on any atom is -0.369 e. The lowest BCUT2D eigenvalue weighted by Crippen LogP contribution is -2.48. The first-order chi connectivity index (χ1) is 13.9. The maximum Gasteiger partial charge on any atom is 0.194 e. The molecule has 4 rings (SSSR count). The van der Waals surface area contributed by atoms with Gasteiger partial charge < -0.3 is 4.90 Å². The molecule has 0 radical (unpaired) electrons. The fourth-order valence-electron chi connectivity index (χ4n) is 4.14. The van der Waals surface area contributed by atoms with Crippen molar-refractivity contribution in [2.45, 2.75) is 27.7 Å². The van der Waals surface area contributed by atoms with Gasteiger partial charge in [0.05, 0.1) is 12.2 Å².